The van der Waals surface area contributed by atoms with E-state index in [-0.39, 0.29) is 24.1 Å². The van der Waals surface area contributed by atoms with Gasteiger partial charge in [0.15, 0.2) is 17.3 Å². The molecular formula is C23H25NO7. The number of allylic oxidation sites excluding steroid dienone is 1. The maximum Gasteiger partial charge on any atom is 0.231 e. The van der Waals surface area contributed by atoms with Crippen molar-refractivity contribution in [1.82, 2.24) is 0 Å². The molecule has 0 bridgehead atoms. The van der Waals surface area contributed by atoms with Gasteiger partial charge in [-0.25, -0.2) is 0 Å². The largest absolute Gasteiger partial charge is 0.872 e. The van der Waals surface area contributed by atoms with Gasteiger partial charge >= 0.3 is 0 Å². The molecule has 1 N–H and O–H groups in total. The molecule has 0 fully saturated rings. The summed E-state index contributed by atoms with van der Waals surface area (Å²) < 4.78 is 27.0. The van der Waals surface area contributed by atoms with Crippen molar-refractivity contribution in [2.24, 2.45) is 0 Å². The van der Waals surface area contributed by atoms with Crippen molar-refractivity contribution >= 4 is 11.9 Å². The molecule has 0 saturated carbocycles. The van der Waals surface area contributed by atoms with E-state index in [9.17, 15) is 9.90 Å². The highest BCUT2D eigenvalue weighted by Gasteiger charge is 2.31. The number of hydrogen-bond donors (Lipinski definition) is 1. The van der Waals surface area contributed by atoms with Crippen LogP contribution in [0, 0.1) is 0 Å². The Balaban J connectivity index is 1.60. The first kappa shape index (κ1) is 21.2. The maximum absolute atomic E-state index is 12.9. The number of rotatable bonds is 9. The van der Waals surface area contributed by atoms with Crippen molar-refractivity contribution in [2.75, 3.05) is 47.3 Å². The average molecular weight is 427 g/mol. The first-order chi connectivity index (χ1) is 15.1. The number of ketones is 1. The van der Waals surface area contributed by atoms with E-state index in [1.807, 2.05) is 6.07 Å². The zero-order chi connectivity index (χ0) is 21.8. The number of carbonyl (C=O) groups is 1. The van der Waals surface area contributed by atoms with Crippen LogP contribution >= 0.6 is 0 Å². The molecule has 0 unspecified atom stereocenters. The fraction of sp³-hybridized carbons (Fsp3) is 0.348. The summed E-state index contributed by atoms with van der Waals surface area (Å²) in [4.78, 5) is 14.0. The summed E-state index contributed by atoms with van der Waals surface area (Å²) in [6, 6.07) is 8.37. The molecular weight excluding hydrogens is 402 g/mol. The number of benzene rings is 2. The molecule has 2 heterocycles. The van der Waals surface area contributed by atoms with Gasteiger partial charge in [-0.15, -0.1) is 0 Å². The number of fused-ring (bicyclic) bond motifs is 2. The van der Waals surface area contributed by atoms with Crippen molar-refractivity contribution in [2.45, 2.75) is 6.54 Å². The molecule has 0 atom stereocenters. The molecule has 0 spiro atoms. The number of hydrogen-bond acceptors (Lipinski definition) is 7. The van der Waals surface area contributed by atoms with Crippen LogP contribution in [-0.4, -0.2) is 53.1 Å². The van der Waals surface area contributed by atoms with Gasteiger partial charge < -0.3 is 33.7 Å². The fourth-order valence-electron chi connectivity index (χ4n) is 3.66. The van der Waals surface area contributed by atoms with Gasteiger partial charge in [0.05, 0.1) is 18.8 Å². The lowest BCUT2D eigenvalue weighted by Gasteiger charge is -2.23. The quantitative estimate of drug-likeness (QED) is 0.592. The molecule has 0 saturated heterocycles. The molecule has 164 valence electrons. The lowest BCUT2D eigenvalue weighted by Crippen LogP contribution is -3.11. The third kappa shape index (κ3) is 4.51. The van der Waals surface area contributed by atoms with Crippen LogP contribution in [0.5, 0.6) is 23.0 Å². The number of carbonyl (C=O) groups excluding carboxylic acids is 1. The van der Waals surface area contributed by atoms with Crippen molar-refractivity contribution in [3.8, 4) is 23.0 Å². The molecule has 2 aromatic rings. The van der Waals surface area contributed by atoms with Crippen molar-refractivity contribution in [3.05, 3.63) is 52.8 Å². The predicted octanol–water partition coefficient (Wildman–Crippen LogP) is 0.783. The van der Waals surface area contributed by atoms with Crippen LogP contribution in [0.4, 0.5) is 0 Å². The van der Waals surface area contributed by atoms with Gasteiger partial charge in [-0.2, -0.15) is 0 Å². The van der Waals surface area contributed by atoms with Crippen LogP contribution in [0.3, 0.4) is 0 Å². The maximum atomic E-state index is 12.9. The van der Waals surface area contributed by atoms with Crippen LogP contribution in [0.25, 0.3) is 6.08 Å². The van der Waals surface area contributed by atoms with Gasteiger partial charge in [-0.3, -0.25) is 4.79 Å². The van der Waals surface area contributed by atoms with Gasteiger partial charge in [0, 0.05) is 19.8 Å². The highest BCUT2D eigenvalue weighted by molar-refractivity contribution is 6.15. The SMILES string of the molecule is COCC[NH+](CCOC)Cc1c([O-])ccc2c1O/C(=C\c1ccc3c(c1)OCO3)C2=O. The van der Waals surface area contributed by atoms with Crippen molar-refractivity contribution < 1.29 is 38.5 Å². The second-order valence-corrected chi connectivity index (χ2v) is 7.38. The predicted molar refractivity (Wildman–Crippen MR) is 110 cm³/mol. The summed E-state index contributed by atoms with van der Waals surface area (Å²) in [5, 5.41) is 12.6. The van der Waals surface area contributed by atoms with Crippen LogP contribution in [0.15, 0.2) is 36.1 Å². The van der Waals surface area contributed by atoms with Crippen molar-refractivity contribution in [1.29, 1.82) is 0 Å². The Labute approximate surface area is 180 Å². The molecule has 2 aliphatic heterocycles. The Hall–Kier alpha value is -3.07. The van der Waals surface area contributed by atoms with Crippen LogP contribution in [0.2, 0.25) is 0 Å². The van der Waals surface area contributed by atoms with E-state index in [1.54, 1.807) is 32.4 Å². The second-order valence-electron chi connectivity index (χ2n) is 7.38. The highest BCUT2D eigenvalue weighted by atomic mass is 16.7. The molecule has 0 radical (unpaired) electrons. The summed E-state index contributed by atoms with van der Waals surface area (Å²) in [5.74, 6) is 1.41. The lowest BCUT2D eigenvalue weighted by atomic mass is 10.0. The van der Waals surface area contributed by atoms with E-state index in [0.29, 0.717) is 61.2 Å². The van der Waals surface area contributed by atoms with E-state index in [0.717, 1.165) is 10.5 Å². The Morgan fingerprint density at radius 1 is 1.06 bits per heavy atom. The van der Waals surface area contributed by atoms with Crippen LogP contribution in [0.1, 0.15) is 21.5 Å². The van der Waals surface area contributed by atoms with Gasteiger partial charge in [0.2, 0.25) is 12.6 Å². The average Bonchev–Trinajstić information content (AvgIpc) is 3.36. The summed E-state index contributed by atoms with van der Waals surface area (Å²) in [5.41, 5.74) is 1.64. The van der Waals surface area contributed by atoms with E-state index in [2.05, 4.69) is 0 Å². The van der Waals surface area contributed by atoms with Gasteiger partial charge in [-0.05, 0) is 29.8 Å². The van der Waals surface area contributed by atoms with E-state index in [4.69, 9.17) is 23.7 Å². The van der Waals surface area contributed by atoms with E-state index in [1.165, 1.54) is 12.1 Å². The number of methoxy groups -OCH3 is 2. The molecule has 2 aromatic carbocycles. The minimum atomic E-state index is -0.246. The number of ether oxygens (including phenoxy) is 5. The molecule has 0 amide bonds. The van der Waals surface area contributed by atoms with Crippen LogP contribution in [-0.2, 0) is 16.0 Å². The third-order valence-corrected chi connectivity index (χ3v) is 5.34. The number of nitrogens with one attached hydrogen (secondary N) is 1. The minimum absolute atomic E-state index is 0.150. The normalized spacial score (nSPS) is 15.6. The van der Waals surface area contributed by atoms with Crippen LogP contribution < -0.4 is 24.2 Å². The van der Waals surface area contributed by atoms with E-state index < -0.39 is 0 Å². The molecule has 0 aliphatic carbocycles. The molecule has 0 aromatic heterocycles. The summed E-state index contributed by atoms with van der Waals surface area (Å²) >= 11 is 0. The first-order valence-electron chi connectivity index (χ1n) is 10.1. The molecule has 8 nitrogen and oxygen atoms in total. The van der Waals surface area contributed by atoms with Gasteiger partial charge in [0.25, 0.3) is 0 Å². The fourth-order valence-corrected chi connectivity index (χ4v) is 3.66. The molecule has 4 rings (SSSR count). The molecule has 8 heteroatoms. The Bertz CT molecular complexity index is 994. The summed E-state index contributed by atoms with van der Waals surface area (Å²) in [6.07, 6.45) is 1.65. The van der Waals surface area contributed by atoms with Crippen molar-refractivity contribution in [3.63, 3.8) is 0 Å². The number of quaternary nitrogens is 1. The number of Topliss-reactive ketones (excluding diaryl/α,β-unsaturated/α-hetero) is 1. The topological polar surface area (TPSA) is 90.7 Å². The molecule has 2 aliphatic rings. The lowest BCUT2D eigenvalue weighted by molar-refractivity contribution is -0.914. The third-order valence-electron chi connectivity index (χ3n) is 5.34. The second kappa shape index (κ2) is 9.38. The smallest absolute Gasteiger partial charge is 0.231 e. The minimum Gasteiger partial charge on any atom is -0.872 e. The monoisotopic (exact) mass is 427 g/mol. The Kier molecular flexibility index (Phi) is 6.41. The standard InChI is InChI=1S/C23H25NO7/c1-27-9-7-24(8-10-28-2)13-17-18(25)5-4-16-22(26)21(31-23(16)17)12-15-3-6-19-20(11-15)30-14-29-19/h3-6,11-12,25H,7-10,13-14H2,1-2H3/b21-12-. The summed E-state index contributed by atoms with van der Waals surface area (Å²) in [6.45, 7) is 3.11. The summed E-state index contributed by atoms with van der Waals surface area (Å²) in [7, 11) is 3.28. The Morgan fingerprint density at radius 3 is 2.55 bits per heavy atom. The van der Waals surface area contributed by atoms with Gasteiger partial charge in [-0.1, -0.05) is 17.9 Å². The Morgan fingerprint density at radius 2 is 1.81 bits per heavy atom. The highest BCUT2D eigenvalue weighted by Crippen LogP contribution is 2.39. The molecule has 31 heavy (non-hydrogen) atoms. The zero-order valence-electron chi connectivity index (χ0n) is 17.6. The van der Waals surface area contributed by atoms with Gasteiger partial charge in [0.1, 0.15) is 25.4 Å². The first-order valence-corrected chi connectivity index (χ1v) is 10.1. The zero-order valence-corrected chi connectivity index (χ0v) is 17.6. The van der Waals surface area contributed by atoms with E-state index >= 15 is 0 Å².